The molecular weight excluding hydrogens is 274 g/mol. The van der Waals surface area contributed by atoms with Crippen LogP contribution in [0, 0.1) is 0 Å². The smallest absolute Gasteiger partial charge is 0.135 e. The molecule has 3 heteroatoms. The van der Waals surface area contributed by atoms with Crippen molar-refractivity contribution < 1.29 is 9.52 Å². The number of nitrogens with one attached hydrogen (secondary N) is 1. The largest absolute Gasteiger partial charge is 0.456 e. The summed E-state index contributed by atoms with van der Waals surface area (Å²) in [4.78, 5) is 0. The number of benzene rings is 1. The molecule has 2 unspecified atom stereocenters. The number of furan rings is 1. The molecule has 1 aromatic heterocycles. The zero-order valence-corrected chi connectivity index (χ0v) is 12.8. The highest BCUT2D eigenvalue weighted by Gasteiger charge is 2.24. The Morgan fingerprint density at radius 3 is 3.00 bits per heavy atom. The zero-order chi connectivity index (χ0) is 14.9. The van der Waals surface area contributed by atoms with Crippen molar-refractivity contribution in [1.29, 1.82) is 0 Å². The third-order valence-corrected chi connectivity index (χ3v) is 5.06. The van der Waals surface area contributed by atoms with Crippen molar-refractivity contribution in [2.45, 2.75) is 50.7 Å². The Hall–Kier alpha value is -1.58. The van der Waals surface area contributed by atoms with Crippen LogP contribution in [0.15, 0.2) is 34.3 Å². The molecule has 116 valence electrons. The predicted molar refractivity (Wildman–Crippen MR) is 88.8 cm³/mol. The average molecular weight is 297 g/mol. The quantitative estimate of drug-likeness (QED) is 0.909. The van der Waals surface area contributed by atoms with E-state index in [0.717, 1.165) is 42.7 Å². The van der Waals surface area contributed by atoms with E-state index in [4.69, 9.17) is 4.42 Å². The molecule has 0 amide bonds. The molecule has 1 aromatic carbocycles. The summed E-state index contributed by atoms with van der Waals surface area (Å²) in [6, 6.07) is 8.66. The van der Waals surface area contributed by atoms with Gasteiger partial charge in [0.1, 0.15) is 11.3 Å². The summed E-state index contributed by atoms with van der Waals surface area (Å²) in [5.41, 5.74) is 3.37. The number of aliphatic hydroxyl groups is 1. The molecule has 22 heavy (non-hydrogen) atoms. The van der Waals surface area contributed by atoms with E-state index in [1.54, 1.807) is 0 Å². The minimum absolute atomic E-state index is 0.350. The van der Waals surface area contributed by atoms with Gasteiger partial charge in [-0.2, -0.15) is 0 Å². The number of hydrogen-bond donors (Lipinski definition) is 2. The lowest BCUT2D eigenvalue weighted by Crippen LogP contribution is -2.37. The Kier molecular flexibility index (Phi) is 3.77. The second-order valence-electron chi connectivity index (χ2n) is 6.56. The van der Waals surface area contributed by atoms with E-state index in [0.29, 0.717) is 6.04 Å². The van der Waals surface area contributed by atoms with Crippen LogP contribution < -0.4 is 5.32 Å². The first-order chi connectivity index (χ1) is 10.8. The SMILES string of the molecule is OC(CC1CCCCN1)C1=Cc2oc3ccccc3c2CC1. The molecule has 4 rings (SSSR count). The van der Waals surface area contributed by atoms with Crippen molar-refractivity contribution in [3.63, 3.8) is 0 Å². The number of para-hydroxylation sites is 1. The van der Waals surface area contributed by atoms with Crippen molar-refractivity contribution in [3.8, 4) is 0 Å². The van der Waals surface area contributed by atoms with Gasteiger partial charge in [0.25, 0.3) is 0 Å². The summed E-state index contributed by atoms with van der Waals surface area (Å²) >= 11 is 0. The number of piperidine rings is 1. The van der Waals surface area contributed by atoms with Gasteiger partial charge in [0.15, 0.2) is 0 Å². The molecule has 1 saturated heterocycles. The van der Waals surface area contributed by atoms with Gasteiger partial charge in [-0.3, -0.25) is 0 Å². The fourth-order valence-corrected chi connectivity index (χ4v) is 3.81. The van der Waals surface area contributed by atoms with Crippen LogP contribution in [0.2, 0.25) is 0 Å². The lowest BCUT2D eigenvalue weighted by molar-refractivity contribution is 0.172. The number of aryl methyl sites for hydroxylation is 1. The minimum atomic E-state index is -0.350. The molecule has 0 bridgehead atoms. The minimum Gasteiger partial charge on any atom is -0.456 e. The standard InChI is InChI=1S/C19H23NO2/c21-17(12-14-5-3-4-10-20-14)13-8-9-16-15-6-1-2-7-18(15)22-19(16)11-13/h1-2,6-7,11,14,17,20-21H,3-5,8-10,12H2. The van der Waals surface area contributed by atoms with Gasteiger partial charge in [0.2, 0.25) is 0 Å². The summed E-state index contributed by atoms with van der Waals surface area (Å²) < 4.78 is 5.96. The third-order valence-electron chi connectivity index (χ3n) is 5.06. The van der Waals surface area contributed by atoms with Crippen molar-refractivity contribution in [2.75, 3.05) is 6.54 Å². The Labute approximate surface area is 131 Å². The molecule has 2 heterocycles. The number of hydrogen-bond acceptors (Lipinski definition) is 3. The summed E-state index contributed by atoms with van der Waals surface area (Å²) in [5, 5.41) is 15.3. The highest BCUT2D eigenvalue weighted by molar-refractivity contribution is 5.85. The first-order valence-electron chi connectivity index (χ1n) is 8.43. The van der Waals surface area contributed by atoms with E-state index in [1.807, 2.05) is 12.1 Å². The molecular formula is C19H23NO2. The van der Waals surface area contributed by atoms with E-state index in [-0.39, 0.29) is 6.10 Å². The van der Waals surface area contributed by atoms with Gasteiger partial charge in [0.05, 0.1) is 6.10 Å². The fraction of sp³-hybridized carbons (Fsp3) is 0.474. The predicted octanol–water partition coefficient (Wildman–Crippen LogP) is 3.66. The molecule has 2 aliphatic rings. The topological polar surface area (TPSA) is 45.4 Å². The van der Waals surface area contributed by atoms with E-state index >= 15 is 0 Å². The summed E-state index contributed by atoms with van der Waals surface area (Å²) in [7, 11) is 0. The van der Waals surface area contributed by atoms with Crippen molar-refractivity contribution >= 4 is 17.0 Å². The molecule has 2 atom stereocenters. The van der Waals surface area contributed by atoms with Gasteiger partial charge < -0.3 is 14.8 Å². The Morgan fingerprint density at radius 1 is 1.23 bits per heavy atom. The van der Waals surface area contributed by atoms with Crippen molar-refractivity contribution in [3.05, 3.63) is 41.2 Å². The van der Waals surface area contributed by atoms with E-state index in [9.17, 15) is 5.11 Å². The van der Waals surface area contributed by atoms with Gasteiger partial charge >= 0.3 is 0 Å². The van der Waals surface area contributed by atoms with E-state index in [1.165, 1.54) is 30.2 Å². The van der Waals surface area contributed by atoms with Crippen molar-refractivity contribution in [1.82, 2.24) is 5.32 Å². The van der Waals surface area contributed by atoms with E-state index < -0.39 is 0 Å². The monoisotopic (exact) mass is 297 g/mol. The lowest BCUT2D eigenvalue weighted by Gasteiger charge is -2.27. The van der Waals surface area contributed by atoms with Gasteiger partial charge in [-0.25, -0.2) is 0 Å². The summed E-state index contributed by atoms with van der Waals surface area (Å²) in [6.07, 6.45) is 8.16. The van der Waals surface area contributed by atoms with Crippen LogP contribution in [0.5, 0.6) is 0 Å². The zero-order valence-electron chi connectivity index (χ0n) is 12.8. The molecule has 2 N–H and O–H groups in total. The molecule has 1 fully saturated rings. The summed E-state index contributed by atoms with van der Waals surface area (Å²) in [5.74, 6) is 0.943. The highest BCUT2D eigenvalue weighted by atomic mass is 16.3. The second-order valence-corrected chi connectivity index (χ2v) is 6.56. The molecule has 0 saturated carbocycles. The van der Waals surface area contributed by atoms with Crippen LogP contribution in [0.1, 0.15) is 43.4 Å². The first-order valence-corrected chi connectivity index (χ1v) is 8.43. The van der Waals surface area contributed by atoms with Gasteiger partial charge in [-0.1, -0.05) is 24.6 Å². The van der Waals surface area contributed by atoms with Crippen LogP contribution >= 0.6 is 0 Å². The van der Waals surface area contributed by atoms with Gasteiger partial charge in [-0.15, -0.1) is 0 Å². The van der Waals surface area contributed by atoms with Crippen LogP contribution in [0.25, 0.3) is 17.0 Å². The third kappa shape index (κ3) is 2.59. The Bertz CT molecular complexity index is 695. The molecule has 1 aliphatic heterocycles. The van der Waals surface area contributed by atoms with Crippen LogP contribution in [-0.2, 0) is 6.42 Å². The summed E-state index contributed by atoms with van der Waals surface area (Å²) in [6.45, 7) is 1.09. The van der Waals surface area contributed by atoms with Gasteiger partial charge in [-0.05, 0) is 56.4 Å². The van der Waals surface area contributed by atoms with Crippen LogP contribution in [0.4, 0.5) is 0 Å². The number of rotatable bonds is 3. The molecule has 2 aromatic rings. The number of aliphatic hydroxyl groups excluding tert-OH is 1. The fourth-order valence-electron chi connectivity index (χ4n) is 3.81. The Morgan fingerprint density at radius 2 is 2.14 bits per heavy atom. The number of fused-ring (bicyclic) bond motifs is 3. The van der Waals surface area contributed by atoms with Crippen LogP contribution in [0.3, 0.4) is 0 Å². The first kappa shape index (κ1) is 14.0. The lowest BCUT2D eigenvalue weighted by atomic mass is 9.89. The molecule has 0 spiro atoms. The van der Waals surface area contributed by atoms with Crippen LogP contribution in [-0.4, -0.2) is 23.8 Å². The van der Waals surface area contributed by atoms with E-state index in [2.05, 4.69) is 23.5 Å². The second kappa shape index (κ2) is 5.90. The Balaban J connectivity index is 1.55. The average Bonchev–Trinajstić information content (AvgIpc) is 2.93. The molecule has 0 radical (unpaired) electrons. The maximum Gasteiger partial charge on any atom is 0.135 e. The maximum atomic E-state index is 10.6. The maximum absolute atomic E-state index is 10.6. The van der Waals surface area contributed by atoms with Crippen molar-refractivity contribution in [2.24, 2.45) is 0 Å². The molecule has 3 nitrogen and oxygen atoms in total. The molecule has 1 aliphatic carbocycles. The van der Waals surface area contributed by atoms with Gasteiger partial charge in [0, 0.05) is 17.0 Å². The highest BCUT2D eigenvalue weighted by Crippen LogP contribution is 2.34. The normalized spacial score (nSPS) is 23.1.